The van der Waals surface area contributed by atoms with Crippen LogP contribution in [0, 0.1) is 0 Å². The predicted molar refractivity (Wildman–Crippen MR) is 74.2 cm³/mol. The summed E-state index contributed by atoms with van der Waals surface area (Å²) in [5.74, 6) is 6.45. The van der Waals surface area contributed by atoms with Crippen molar-refractivity contribution in [3.63, 3.8) is 0 Å². The summed E-state index contributed by atoms with van der Waals surface area (Å²) < 4.78 is 6.52. The molecule has 1 aliphatic heterocycles. The number of nitrogen functional groups attached to an aromatic ring is 1. The second kappa shape index (κ2) is 5.38. The molecule has 0 aromatic carbocycles. The lowest BCUT2D eigenvalue weighted by Gasteiger charge is -2.36. The van der Waals surface area contributed by atoms with E-state index in [0.717, 1.165) is 29.7 Å². The highest BCUT2D eigenvalue weighted by Gasteiger charge is 2.29. The van der Waals surface area contributed by atoms with Crippen molar-refractivity contribution in [3.05, 3.63) is 10.7 Å². The smallest absolute Gasteiger partial charge is 0.239 e. The zero-order chi connectivity index (χ0) is 13.2. The van der Waals surface area contributed by atoms with Gasteiger partial charge < -0.3 is 10.1 Å². The summed E-state index contributed by atoms with van der Waals surface area (Å²) >= 11 is 3.43. The molecule has 4 N–H and O–H groups in total. The summed E-state index contributed by atoms with van der Waals surface area (Å²) in [6.07, 6.45) is 3.58. The minimum absolute atomic E-state index is 0.0929. The molecule has 1 fully saturated rings. The van der Waals surface area contributed by atoms with Gasteiger partial charge in [-0.25, -0.2) is 10.8 Å². The zero-order valence-corrected chi connectivity index (χ0v) is 12.1. The zero-order valence-electron chi connectivity index (χ0n) is 10.5. The first-order valence-corrected chi connectivity index (χ1v) is 6.69. The van der Waals surface area contributed by atoms with Gasteiger partial charge in [0.15, 0.2) is 0 Å². The number of rotatable bonds is 3. The van der Waals surface area contributed by atoms with E-state index in [-0.39, 0.29) is 5.60 Å². The molecule has 0 bridgehead atoms. The maximum atomic E-state index is 5.69. The lowest BCUT2D eigenvalue weighted by Crippen LogP contribution is -2.40. The maximum Gasteiger partial charge on any atom is 0.239 e. The number of anilines is 2. The predicted octanol–water partition coefficient (Wildman–Crippen LogP) is 1.89. The van der Waals surface area contributed by atoms with Crippen LogP contribution in [0.1, 0.15) is 26.7 Å². The lowest BCUT2D eigenvalue weighted by atomic mass is 9.94. The van der Waals surface area contributed by atoms with Gasteiger partial charge >= 0.3 is 0 Å². The second-order valence-corrected chi connectivity index (χ2v) is 5.83. The number of nitrogens with two attached hydrogens (primary N) is 1. The van der Waals surface area contributed by atoms with Crippen LogP contribution in [-0.4, -0.2) is 28.2 Å². The number of ether oxygens (including phenoxy) is 1. The normalized spacial score (nSPS) is 22.6. The molecule has 0 amide bonds. The first-order chi connectivity index (χ1) is 8.50. The molecule has 7 heteroatoms. The Bertz CT molecular complexity index is 426. The number of hydrogen-bond donors (Lipinski definition) is 3. The number of aromatic nitrogens is 2. The van der Waals surface area contributed by atoms with Crippen LogP contribution in [0.2, 0.25) is 0 Å². The SMILES string of the molecule is CC1(C)CC(Nc2nc(NN)ncc2Br)CCO1. The molecule has 1 aromatic heterocycles. The highest BCUT2D eigenvalue weighted by molar-refractivity contribution is 9.10. The van der Waals surface area contributed by atoms with Gasteiger partial charge in [0.05, 0.1) is 10.1 Å². The number of hydrazine groups is 1. The summed E-state index contributed by atoms with van der Waals surface area (Å²) in [6.45, 7) is 4.96. The van der Waals surface area contributed by atoms with Gasteiger partial charge in [-0.3, -0.25) is 5.43 Å². The molecule has 6 nitrogen and oxygen atoms in total. The van der Waals surface area contributed by atoms with Crippen molar-refractivity contribution in [1.29, 1.82) is 0 Å². The first kappa shape index (κ1) is 13.5. The Morgan fingerprint density at radius 2 is 2.33 bits per heavy atom. The van der Waals surface area contributed by atoms with Gasteiger partial charge in [-0.1, -0.05) is 0 Å². The summed E-state index contributed by atoms with van der Waals surface area (Å²) in [5, 5.41) is 3.41. The van der Waals surface area contributed by atoms with E-state index in [9.17, 15) is 0 Å². The quantitative estimate of drug-likeness (QED) is 0.583. The first-order valence-electron chi connectivity index (χ1n) is 5.90. The Morgan fingerprint density at radius 3 is 3.00 bits per heavy atom. The molecule has 1 unspecified atom stereocenters. The molecule has 2 heterocycles. The van der Waals surface area contributed by atoms with E-state index in [0.29, 0.717) is 12.0 Å². The average Bonchev–Trinajstić information content (AvgIpc) is 2.31. The van der Waals surface area contributed by atoms with Crippen LogP contribution in [0.25, 0.3) is 0 Å². The summed E-state index contributed by atoms with van der Waals surface area (Å²) in [6, 6.07) is 0.338. The van der Waals surface area contributed by atoms with Gasteiger partial charge in [0.2, 0.25) is 5.95 Å². The highest BCUT2D eigenvalue weighted by Crippen LogP contribution is 2.28. The lowest BCUT2D eigenvalue weighted by molar-refractivity contribution is -0.0553. The fourth-order valence-electron chi connectivity index (χ4n) is 2.09. The van der Waals surface area contributed by atoms with E-state index in [1.807, 2.05) is 0 Å². The molecule has 100 valence electrons. The molecule has 18 heavy (non-hydrogen) atoms. The fourth-order valence-corrected chi connectivity index (χ4v) is 2.39. The molecule has 1 saturated heterocycles. The van der Waals surface area contributed by atoms with Crippen molar-refractivity contribution in [2.24, 2.45) is 5.84 Å². The number of nitrogens with zero attached hydrogens (tertiary/aromatic N) is 2. The Morgan fingerprint density at radius 1 is 1.56 bits per heavy atom. The van der Waals surface area contributed by atoms with E-state index in [2.05, 4.69) is 50.5 Å². The molecule has 0 saturated carbocycles. The fraction of sp³-hybridized carbons (Fsp3) is 0.636. The van der Waals surface area contributed by atoms with E-state index < -0.39 is 0 Å². The third-order valence-corrected chi connectivity index (χ3v) is 3.49. The van der Waals surface area contributed by atoms with Gasteiger partial charge in [-0.05, 0) is 42.6 Å². The summed E-state index contributed by atoms with van der Waals surface area (Å²) in [7, 11) is 0. The third-order valence-electron chi connectivity index (χ3n) is 2.91. The Kier molecular flexibility index (Phi) is 4.04. The van der Waals surface area contributed by atoms with Crippen LogP contribution in [0.3, 0.4) is 0 Å². The van der Waals surface area contributed by atoms with Crippen molar-refractivity contribution >= 4 is 27.7 Å². The van der Waals surface area contributed by atoms with Gasteiger partial charge in [-0.15, -0.1) is 0 Å². The number of halogens is 1. The second-order valence-electron chi connectivity index (χ2n) is 4.98. The molecule has 0 spiro atoms. The molecule has 1 aliphatic rings. The van der Waals surface area contributed by atoms with Crippen molar-refractivity contribution in [1.82, 2.24) is 9.97 Å². The van der Waals surface area contributed by atoms with Crippen LogP contribution in [-0.2, 0) is 4.74 Å². The Balaban J connectivity index is 2.09. The standard InChI is InChI=1S/C11H18BrN5O/c1-11(2)5-7(3-4-18-11)15-9-8(12)6-14-10(16-9)17-13/h6-7H,3-5,13H2,1-2H3,(H2,14,15,16,17). The van der Waals surface area contributed by atoms with E-state index >= 15 is 0 Å². The molecule has 0 radical (unpaired) electrons. The topological polar surface area (TPSA) is 85.1 Å². The van der Waals surface area contributed by atoms with Crippen molar-refractivity contribution in [2.75, 3.05) is 17.3 Å². The minimum atomic E-state index is -0.0929. The van der Waals surface area contributed by atoms with E-state index in [4.69, 9.17) is 10.6 Å². The van der Waals surface area contributed by atoms with Crippen LogP contribution < -0.4 is 16.6 Å². The molecule has 2 rings (SSSR count). The van der Waals surface area contributed by atoms with Crippen LogP contribution >= 0.6 is 15.9 Å². The molecule has 1 aromatic rings. The molecular weight excluding hydrogens is 298 g/mol. The monoisotopic (exact) mass is 315 g/mol. The highest BCUT2D eigenvalue weighted by atomic mass is 79.9. The van der Waals surface area contributed by atoms with Crippen LogP contribution in [0.4, 0.5) is 11.8 Å². The third kappa shape index (κ3) is 3.30. The number of nitrogens with one attached hydrogen (secondary N) is 2. The number of hydrogen-bond acceptors (Lipinski definition) is 6. The average molecular weight is 316 g/mol. The molecular formula is C11H18BrN5O. The van der Waals surface area contributed by atoms with Crippen LogP contribution in [0.5, 0.6) is 0 Å². The largest absolute Gasteiger partial charge is 0.375 e. The Labute approximate surface area is 115 Å². The van der Waals surface area contributed by atoms with E-state index in [1.165, 1.54) is 0 Å². The van der Waals surface area contributed by atoms with Crippen molar-refractivity contribution < 1.29 is 4.74 Å². The van der Waals surface area contributed by atoms with Crippen molar-refractivity contribution in [2.45, 2.75) is 38.3 Å². The van der Waals surface area contributed by atoms with E-state index in [1.54, 1.807) is 6.20 Å². The molecule has 1 atom stereocenters. The maximum absolute atomic E-state index is 5.69. The van der Waals surface area contributed by atoms with Crippen LogP contribution in [0.15, 0.2) is 10.7 Å². The van der Waals surface area contributed by atoms with Gasteiger partial charge in [0.1, 0.15) is 5.82 Å². The molecule has 0 aliphatic carbocycles. The van der Waals surface area contributed by atoms with Gasteiger partial charge in [0, 0.05) is 18.8 Å². The van der Waals surface area contributed by atoms with Gasteiger partial charge in [-0.2, -0.15) is 4.98 Å². The van der Waals surface area contributed by atoms with Gasteiger partial charge in [0.25, 0.3) is 0 Å². The minimum Gasteiger partial charge on any atom is -0.375 e. The Hall–Kier alpha value is -0.920. The van der Waals surface area contributed by atoms with Crippen molar-refractivity contribution in [3.8, 4) is 0 Å². The summed E-state index contributed by atoms with van der Waals surface area (Å²) in [5.41, 5.74) is 2.35. The summed E-state index contributed by atoms with van der Waals surface area (Å²) in [4.78, 5) is 8.31.